The van der Waals surface area contributed by atoms with Gasteiger partial charge in [-0.15, -0.1) is 0 Å². The molecule has 0 saturated carbocycles. The molecule has 4 heteroatoms. The summed E-state index contributed by atoms with van der Waals surface area (Å²) < 4.78 is 12.3. The number of benzene rings is 1. The first-order chi connectivity index (χ1) is 9.20. The van der Waals surface area contributed by atoms with Crippen LogP contribution in [0.15, 0.2) is 39.4 Å². The molecule has 1 aromatic heterocycles. The Bertz CT molecular complexity index is 537. The summed E-state index contributed by atoms with van der Waals surface area (Å²) >= 11 is 3.45. The summed E-state index contributed by atoms with van der Waals surface area (Å²) in [4.78, 5) is 0. The molecule has 1 N–H and O–H groups in total. The van der Waals surface area contributed by atoms with Gasteiger partial charge in [-0.25, -0.2) is 0 Å². The molecule has 0 spiro atoms. The molecular weight excluding hydrogens is 306 g/mol. The summed E-state index contributed by atoms with van der Waals surface area (Å²) in [7, 11) is 0. The molecule has 0 atom stereocenters. The third-order valence-electron chi connectivity index (χ3n) is 2.91. The van der Waals surface area contributed by atoms with Gasteiger partial charge in [0.25, 0.3) is 0 Å². The van der Waals surface area contributed by atoms with Crippen LogP contribution in [-0.2, 0) is 13.2 Å². The average Bonchev–Trinajstić information content (AvgIpc) is 2.85. The fourth-order valence-corrected chi connectivity index (χ4v) is 2.12. The van der Waals surface area contributed by atoms with Crippen molar-refractivity contribution in [2.45, 2.75) is 27.0 Å². The maximum atomic E-state index is 5.83. The molecule has 0 saturated heterocycles. The normalized spacial score (nSPS) is 10.7. The van der Waals surface area contributed by atoms with Crippen LogP contribution in [0.5, 0.6) is 5.75 Å². The Morgan fingerprint density at radius 3 is 2.95 bits per heavy atom. The van der Waals surface area contributed by atoms with Crippen molar-refractivity contribution in [2.24, 2.45) is 0 Å². The number of halogens is 1. The molecule has 0 aliphatic heterocycles. The first-order valence-electron chi connectivity index (χ1n) is 6.35. The summed E-state index contributed by atoms with van der Waals surface area (Å²) in [5, 5.41) is 3.29. The van der Waals surface area contributed by atoms with Crippen LogP contribution in [0.25, 0.3) is 0 Å². The van der Waals surface area contributed by atoms with E-state index in [0.29, 0.717) is 6.61 Å². The number of aryl methyl sites for hydroxylation is 1. The number of ether oxygens (including phenoxy) is 1. The Morgan fingerprint density at radius 2 is 2.16 bits per heavy atom. The monoisotopic (exact) mass is 323 g/mol. The maximum Gasteiger partial charge on any atom is 0.146 e. The highest BCUT2D eigenvalue weighted by molar-refractivity contribution is 9.10. The second-order valence-corrected chi connectivity index (χ2v) is 5.26. The van der Waals surface area contributed by atoms with Crippen molar-refractivity contribution in [1.29, 1.82) is 0 Å². The highest BCUT2D eigenvalue weighted by atomic mass is 79.9. The van der Waals surface area contributed by atoms with Crippen LogP contribution in [0.1, 0.15) is 23.8 Å². The van der Waals surface area contributed by atoms with Crippen LogP contribution < -0.4 is 10.1 Å². The van der Waals surface area contributed by atoms with Gasteiger partial charge in [0.1, 0.15) is 18.1 Å². The van der Waals surface area contributed by atoms with Crippen LogP contribution >= 0.6 is 15.9 Å². The van der Waals surface area contributed by atoms with E-state index < -0.39 is 0 Å². The van der Waals surface area contributed by atoms with Crippen molar-refractivity contribution in [1.82, 2.24) is 5.32 Å². The second kappa shape index (κ2) is 6.78. The molecule has 0 radical (unpaired) electrons. The molecule has 102 valence electrons. The number of hydrogen-bond donors (Lipinski definition) is 1. The van der Waals surface area contributed by atoms with Crippen LogP contribution in [0.4, 0.5) is 0 Å². The van der Waals surface area contributed by atoms with Crippen molar-refractivity contribution >= 4 is 15.9 Å². The lowest BCUT2D eigenvalue weighted by Crippen LogP contribution is -2.12. The quantitative estimate of drug-likeness (QED) is 0.871. The fraction of sp³-hybridized carbons (Fsp3) is 0.333. The predicted octanol–water partition coefficient (Wildman–Crippen LogP) is 4.04. The van der Waals surface area contributed by atoms with E-state index in [9.17, 15) is 0 Å². The van der Waals surface area contributed by atoms with Crippen LogP contribution in [-0.4, -0.2) is 6.54 Å². The third-order valence-corrected chi connectivity index (χ3v) is 3.41. The van der Waals surface area contributed by atoms with Gasteiger partial charge in [-0.1, -0.05) is 28.9 Å². The Hall–Kier alpha value is -1.26. The summed E-state index contributed by atoms with van der Waals surface area (Å²) in [6.45, 7) is 6.31. The molecule has 19 heavy (non-hydrogen) atoms. The van der Waals surface area contributed by atoms with Crippen LogP contribution in [0.2, 0.25) is 0 Å². The zero-order chi connectivity index (χ0) is 13.7. The SMILES string of the molecule is CCNCc1ccoc1COc1cc(Br)ccc1C. The minimum absolute atomic E-state index is 0.449. The van der Waals surface area contributed by atoms with Crippen molar-refractivity contribution in [2.75, 3.05) is 6.54 Å². The fourth-order valence-electron chi connectivity index (χ4n) is 1.78. The molecule has 0 aliphatic rings. The summed E-state index contributed by atoms with van der Waals surface area (Å²) in [6.07, 6.45) is 1.71. The van der Waals surface area contributed by atoms with Gasteiger partial charge in [0.05, 0.1) is 6.26 Å². The molecule has 1 heterocycles. The van der Waals surface area contributed by atoms with Gasteiger partial charge in [0.15, 0.2) is 0 Å². The maximum absolute atomic E-state index is 5.83. The lowest BCUT2D eigenvalue weighted by Gasteiger charge is -2.09. The highest BCUT2D eigenvalue weighted by Gasteiger charge is 2.08. The van der Waals surface area contributed by atoms with Crippen molar-refractivity contribution in [3.63, 3.8) is 0 Å². The van der Waals surface area contributed by atoms with E-state index in [-0.39, 0.29) is 0 Å². The topological polar surface area (TPSA) is 34.4 Å². The molecular formula is C15H18BrNO2. The zero-order valence-electron chi connectivity index (χ0n) is 11.2. The lowest BCUT2D eigenvalue weighted by atomic mass is 10.2. The van der Waals surface area contributed by atoms with Gasteiger partial charge < -0.3 is 14.5 Å². The number of nitrogens with one attached hydrogen (secondary N) is 1. The van der Waals surface area contributed by atoms with Gasteiger partial charge in [-0.05, 0) is 37.2 Å². The van der Waals surface area contributed by atoms with Gasteiger partial charge in [0.2, 0.25) is 0 Å². The smallest absolute Gasteiger partial charge is 0.146 e. The second-order valence-electron chi connectivity index (χ2n) is 4.35. The standard InChI is InChI=1S/C15H18BrNO2/c1-3-17-9-12-6-7-18-15(12)10-19-14-8-13(16)5-4-11(14)2/h4-8,17H,3,9-10H2,1-2H3. The summed E-state index contributed by atoms with van der Waals surface area (Å²) in [5.74, 6) is 1.75. The first-order valence-corrected chi connectivity index (χ1v) is 7.15. The first kappa shape index (κ1) is 14.2. The van der Waals surface area contributed by atoms with E-state index in [1.54, 1.807) is 6.26 Å². The zero-order valence-corrected chi connectivity index (χ0v) is 12.8. The molecule has 0 amide bonds. The van der Waals surface area contributed by atoms with Crippen molar-refractivity contribution in [3.05, 3.63) is 51.9 Å². The summed E-state index contributed by atoms with van der Waals surface area (Å²) in [6, 6.07) is 7.99. The number of hydrogen-bond acceptors (Lipinski definition) is 3. The van der Waals surface area contributed by atoms with E-state index >= 15 is 0 Å². The average molecular weight is 324 g/mol. The highest BCUT2D eigenvalue weighted by Crippen LogP contribution is 2.24. The minimum Gasteiger partial charge on any atom is -0.485 e. The molecule has 3 nitrogen and oxygen atoms in total. The lowest BCUT2D eigenvalue weighted by molar-refractivity contribution is 0.266. The molecule has 2 aromatic rings. The molecule has 1 aromatic carbocycles. The Kier molecular flexibility index (Phi) is 5.05. The van der Waals surface area contributed by atoms with E-state index in [2.05, 4.69) is 28.2 Å². The largest absolute Gasteiger partial charge is 0.485 e. The Balaban J connectivity index is 2.02. The molecule has 0 unspecified atom stereocenters. The molecule has 0 bridgehead atoms. The summed E-state index contributed by atoms with van der Waals surface area (Å²) in [5.41, 5.74) is 2.26. The third kappa shape index (κ3) is 3.85. The van der Waals surface area contributed by atoms with Gasteiger partial charge in [-0.3, -0.25) is 0 Å². The van der Waals surface area contributed by atoms with Crippen LogP contribution in [0.3, 0.4) is 0 Å². The Labute approximate surface area is 122 Å². The van der Waals surface area contributed by atoms with Gasteiger partial charge in [-0.2, -0.15) is 0 Å². The van der Waals surface area contributed by atoms with Crippen molar-refractivity contribution < 1.29 is 9.15 Å². The number of rotatable bonds is 6. The van der Waals surface area contributed by atoms with Crippen molar-refractivity contribution in [3.8, 4) is 5.75 Å². The van der Waals surface area contributed by atoms with E-state index in [0.717, 1.165) is 40.2 Å². The molecule has 2 rings (SSSR count). The van der Waals surface area contributed by atoms with E-state index in [1.807, 2.05) is 31.2 Å². The Morgan fingerprint density at radius 1 is 1.32 bits per heavy atom. The van der Waals surface area contributed by atoms with Crippen LogP contribution in [0, 0.1) is 6.92 Å². The van der Waals surface area contributed by atoms with E-state index in [4.69, 9.17) is 9.15 Å². The van der Waals surface area contributed by atoms with E-state index in [1.165, 1.54) is 0 Å². The van der Waals surface area contributed by atoms with Gasteiger partial charge >= 0.3 is 0 Å². The minimum atomic E-state index is 0.449. The molecule has 0 aliphatic carbocycles. The van der Waals surface area contributed by atoms with Gasteiger partial charge in [0, 0.05) is 16.6 Å². The predicted molar refractivity (Wildman–Crippen MR) is 79.3 cm³/mol. The number of furan rings is 1. The molecule has 0 fully saturated rings.